The lowest BCUT2D eigenvalue weighted by molar-refractivity contribution is -0.132. The van der Waals surface area contributed by atoms with Crippen LogP contribution in [0, 0.1) is 17.8 Å². The minimum Gasteiger partial charge on any atom is -0.496 e. The molecule has 2 saturated heterocycles. The highest BCUT2D eigenvalue weighted by atomic mass is 16.5. The number of aliphatic hydroxyl groups excluding tert-OH is 1. The van der Waals surface area contributed by atoms with Crippen LogP contribution in [0.1, 0.15) is 12.1 Å². The van der Waals surface area contributed by atoms with E-state index in [1.165, 1.54) is 12.4 Å². The normalized spacial score (nSPS) is 20.5. The SMILES string of the molecule is C=CC(=O)N1CC[C@H](N2CC(C#Cc3c(-c4ccccc4OC)c4c(N)ncnc4n3C)C2)[C@H](O)C1. The van der Waals surface area contributed by atoms with Gasteiger partial charge in [-0.1, -0.05) is 30.7 Å². The second kappa shape index (κ2) is 9.64. The number of methoxy groups -OCH3 is 1. The van der Waals surface area contributed by atoms with Gasteiger partial charge in [-0.3, -0.25) is 9.69 Å². The van der Waals surface area contributed by atoms with Gasteiger partial charge in [0.25, 0.3) is 0 Å². The summed E-state index contributed by atoms with van der Waals surface area (Å²) in [4.78, 5) is 24.5. The van der Waals surface area contributed by atoms with E-state index in [4.69, 9.17) is 10.5 Å². The Balaban J connectivity index is 1.40. The fourth-order valence-electron chi connectivity index (χ4n) is 5.25. The topological polar surface area (TPSA) is 110 Å². The van der Waals surface area contributed by atoms with Crippen molar-refractivity contribution >= 4 is 22.8 Å². The van der Waals surface area contributed by atoms with Crippen molar-refractivity contribution in [3.8, 4) is 28.7 Å². The summed E-state index contributed by atoms with van der Waals surface area (Å²) in [5.74, 6) is 7.98. The smallest absolute Gasteiger partial charge is 0.246 e. The number of nitrogens with two attached hydrogens (primary N) is 1. The van der Waals surface area contributed by atoms with Crippen LogP contribution in [-0.4, -0.2) is 80.8 Å². The molecule has 3 N–H and O–H groups in total. The van der Waals surface area contributed by atoms with Crippen molar-refractivity contribution in [3.63, 3.8) is 0 Å². The molecule has 9 nitrogen and oxygen atoms in total. The molecule has 1 aromatic carbocycles. The molecule has 0 aliphatic carbocycles. The van der Waals surface area contributed by atoms with Gasteiger partial charge in [-0.05, 0) is 24.5 Å². The van der Waals surface area contributed by atoms with Crippen molar-refractivity contribution in [2.75, 3.05) is 39.0 Å². The van der Waals surface area contributed by atoms with Crippen LogP contribution in [0.4, 0.5) is 5.82 Å². The summed E-state index contributed by atoms with van der Waals surface area (Å²) in [6.45, 7) is 6.05. The molecular weight excluding hydrogens is 456 g/mol. The quantitative estimate of drug-likeness (QED) is 0.426. The zero-order chi connectivity index (χ0) is 25.4. The zero-order valence-electron chi connectivity index (χ0n) is 20.5. The van der Waals surface area contributed by atoms with Crippen LogP contribution >= 0.6 is 0 Å². The number of hydrogen-bond donors (Lipinski definition) is 2. The van der Waals surface area contributed by atoms with Crippen LogP contribution in [-0.2, 0) is 11.8 Å². The third-order valence-corrected chi connectivity index (χ3v) is 7.18. The highest BCUT2D eigenvalue weighted by molar-refractivity contribution is 6.04. The van der Waals surface area contributed by atoms with Gasteiger partial charge in [0, 0.05) is 56.3 Å². The van der Waals surface area contributed by atoms with Crippen LogP contribution in [0.25, 0.3) is 22.2 Å². The number of ether oxygens (including phenoxy) is 1. The first kappa shape index (κ1) is 23.9. The largest absolute Gasteiger partial charge is 0.496 e. The third kappa shape index (κ3) is 4.08. The van der Waals surface area contributed by atoms with E-state index < -0.39 is 6.10 Å². The van der Waals surface area contributed by atoms with Gasteiger partial charge in [-0.25, -0.2) is 9.97 Å². The maximum Gasteiger partial charge on any atom is 0.246 e. The Kier molecular flexibility index (Phi) is 6.39. The molecular formula is C27H30N6O3. The number of benzene rings is 1. The van der Waals surface area contributed by atoms with E-state index >= 15 is 0 Å². The number of piperidine rings is 1. The van der Waals surface area contributed by atoms with Gasteiger partial charge in [0.15, 0.2) is 0 Å². The first-order valence-electron chi connectivity index (χ1n) is 12.0. The maximum absolute atomic E-state index is 11.9. The molecule has 36 heavy (non-hydrogen) atoms. The summed E-state index contributed by atoms with van der Waals surface area (Å²) in [5.41, 5.74) is 9.56. The van der Waals surface area contributed by atoms with E-state index in [0.717, 1.165) is 47.5 Å². The molecule has 0 bridgehead atoms. The molecule has 2 aliphatic heterocycles. The van der Waals surface area contributed by atoms with Crippen LogP contribution in [0.5, 0.6) is 5.75 Å². The lowest BCUT2D eigenvalue weighted by atomic mass is 9.91. The lowest BCUT2D eigenvalue weighted by Gasteiger charge is -2.47. The molecule has 4 heterocycles. The molecule has 2 aliphatic rings. The molecule has 186 valence electrons. The molecule has 0 saturated carbocycles. The Morgan fingerprint density at radius 1 is 1.28 bits per heavy atom. The third-order valence-electron chi connectivity index (χ3n) is 7.18. The molecule has 2 fully saturated rings. The summed E-state index contributed by atoms with van der Waals surface area (Å²) >= 11 is 0. The number of hydrogen-bond acceptors (Lipinski definition) is 7. The van der Waals surface area contributed by atoms with Crippen molar-refractivity contribution in [1.29, 1.82) is 0 Å². The van der Waals surface area contributed by atoms with Gasteiger partial charge < -0.3 is 25.0 Å². The van der Waals surface area contributed by atoms with Gasteiger partial charge >= 0.3 is 0 Å². The van der Waals surface area contributed by atoms with Gasteiger partial charge in [-0.15, -0.1) is 0 Å². The van der Waals surface area contributed by atoms with E-state index in [1.54, 1.807) is 12.0 Å². The van der Waals surface area contributed by atoms with Crippen molar-refractivity contribution in [2.45, 2.75) is 18.6 Å². The summed E-state index contributed by atoms with van der Waals surface area (Å²) < 4.78 is 7.59. The van der Waals surface area contributed by atoms with E-state index in [9.17, 15) is 9.90 Å². The van der Waals surface area contributed by atoms with Crippen molar-refractivity contribution in [3.05, 3.63) is 48.9 Å². The van der Waals surface area contributed by atoms with Crippen molar-refractivity contribution in [1.82, 2.24) is 24.3 Å². The number of β-amino-alcohol motifs (C(OH)–C–C–N with tert-alkyl or cyclic N) is 1. The Bertz CT molecular complexity index is 1380. The number of fused-ring (bicyclic) bond motifs is 1. The van der Waals surface area contributed by atoms with Crippen LogP contribution in [0.2, 0.25) is 0 Å². The summed E-state index contributed by atoms with van der Waals surface area (Å²) in [5, 5.41) is 11.4. The predicted molar refractivity (Wildman–Crippen MR) is 138 cm³/mol. The Labute approximate surface area is 210 Å². The standard InChI is InChI=1S/C27H30N6O3/c1-4-23(35)32-12-11-19(21(34)15-32)33-13-17(14-33)9-10-20-24(18-7-5-6-8-22(18)36-3)25-26(28)29-16-30-27(25)31(20)2/h4-8,16-17,19,21,34H,1,11-15H2,2-3H3,(H2,28,29,30)/t19-,21+/m0/s1. The van der Waals surface area contributed by atoms with E-state index in [1.807, 2.05) is 35.9 Å². The lowest BCUT2D eigenvalue weighted by Crippen LogP contribution is -2.61. The molecule has 3 aromatic rings. The van der Waals surface area contributed by atoms with Gasteiger partial charge in [-0.2, -0.15) is 0 Å². The molecule has 5 rings (SSSR count). The first-order chi connectivity index (χ1) is 17.4. The van der Waals surface area contributed by atoms with E-state index in [2.05, 4.69) is 33.3 Å². The van der Waals surface area contributed by atoms with Crippen LogP contribution in [0.15, 0.2) is 43.2 Å². The van der Waals surface area contributed by atoms with Crippen LogP contribution < -0.4 is 10.5 Å². The highest BCUT2D eigenvalue weighted by Gasteiger charge is 2.38. The maximum atomic E-state index is 11.9. The number of aliphatic hydroxyl groups is 1. The number of carbonyl (C=O) groups excluding carboxylic acids is 1. The average molecular weight is 487 g/mol. The fraction of sp³-hybridized carbons (Fsp3) is 0.370. The monoisotopic (exact) mass is 486 g/mol. The molecule has 2 atom stereocenters. The minimum absolute atomic E-state index is 0.0359. The molecule has 2 aromatic heterocycles. The van der Waals surface area contributed by atoms with Crippen molar-refractivity contribution in [2.24, 2.45) is 13.0 Å². The number of likely N-dealkylation sites (tertiary alicyclic amines) is 2. The molecule has 9 heteroatoms. The summed E-state index contributed by atoms with van der Waals surface area (Å²) in [7, 11) is 3.57. The number of aryl methyl sites for hydroxylation is 1. The van der Waals surface area contributed by atoms with E-state index in [-0.39, 0.29) is 17.9 Å². The zero-order valence-corrected chi connectivity index (χ0v) is 20.5. The number of aromatic nitrogens is 3. The molecule has 0 unspecified atom stereocenters. The van der Waals surface area contributed by atoms with Gasteiger partial charge in [0.1, 0.15) is 29.2 Å². The minimum atomic E-state index is -0.576. The predicted octanol–water partition coefficient (Wildman–Crippen LogP) is 1.66. The van der Waals surface area contributed by atoms with E-state index in [0.29, 0.717) is 24.6 Å². The number of amides is 1. The number of para-hydroxylation sites is 1. The Morgan fingerprint density at radius 3 is 2.78 bits per heavy atom. The molecule has 0 spiro atoms. The second-order valence-corrected chi connectivity index (χ2v) is 9.27. The number of carbonyl (C=O) groups is 1. The first-order valence-corrected chi connectivity index (χ1v) is 12.0. The number of nitrogen functional groups attached to an aromatic ring is 1. The van der Waals surface area contributed by atoms with Crippen LogP contribution in [0.3, 0.4) is 0 Å². The number of rotatable bonds is 4. The Hall–Kier alpha value is -3.87. The van der Waals surface area contributed by atoms with Crippen molar-refractivity contribution < 1.29 is 14.6 Å². The number of anilines is 1. The Morgan fingerprint density at radius 2 is 2.06 bits per heavy atom. The highest BCUT2D eigenvalue weighted by Crippen LogP contribution is 2.40. The number of nitrogens with zero attached hydrogens (tertiary/aromatic N) is 5. The van der Waals surface area contributed by atoms with Gasteiger partial charge in [0.2, 0.25) is 5.91 Å². The average Bonchev–Trinajstić information content (AvgIpc) is 3.15. The summed E-state index contributed by atoms with van der Waals surface area (Å²) in [6.07, 6.45) is 2.92. The van der Waals surface area contributed by atoms with Gasteiger partial charge in [0.05, 0.1) is 18.6 Å². The second-order valence-electron chi connectivity index (χ2n) is 9.27. The fourth-order valence-corrected chi connectivity index (χ4v) is 5.25. The molecule has 1 amide bonds. The molecule has 0 radical (unpaired) electrons. The summed E-state index contributed by atoms with van der Waals surface area (Å²) in [6, 6.07) is 7.81.